The zero-order chi connectivity index (χ0) is 17.9. The van der Waals surface area contributed by atoms with E-state index in [1.54, 1.807) is 16.9 Å². The molecule has 1 N–H and O–H groups in total. The maximum absolute atomic E-state index is 13.8. The Labute approximate surface area is 147 Å². The third kappa shape index (κ3) is 4.19. The van der Waals surface area contributed by atoms with Crippen molar-refractivity contribution >= 4 is 33.6 Å². The minimum absolute atomic E-state index is 0.0602. The van der Waals surface area contributed by atoms with Crippen molar-refractivity contribution in [3.63, 3.8) is 0 Å². The molecule has 8 heteroatoms. The van der Waals surface area contributed by atoms with Gasteiger partial charge in [0.1, 0.15) is 11.6 Å². The molecule has 1 amide bonds. The van der Waals surface area contributed by atoms with E-state index in [4.69, 9.17) is 4.74 Å². The van der Waals surface area contributed by atoms with Crippen molar-refractivity contribution in [2.45, 2.75) is 32.9 Å². The highest BCUT2D eigenvalue weighted by atomic mass is 79.9. The maximum atomic E-state index is 13.8. The summed E-state index contributed by atoms with van der Waals surface area (Å²) in [5.41, 5.74) is -0.231. The lowest BCUT2D eigenvalue weighted by molar-refractivity contribution is -0.123. The van der Waals surface area contributed by atoms with Crippen LogP contribution in [0, 0.1) is 5.82 Å². The van der Waals surface area contributed by atoms with Crippen LogP contribution in [-0.2, 0) is 9.53 Å². The molecule has 0 saturated heterocycles. The van der Waals surface area contributed by atoms with E-state index in [1.807, 2.05) is 13.8 Å². The third-order valence-corrected chi connectivity index (χ3v) is 3.71. The second kappa shape index (κ2) is 7.57. The Bertz CT molecular complexity index is 761. The van der Waals surface area contributed by atoms with Crippen LogP contribution in [0.5, 0.6) is 0 Å². The Morgan fingerprint density at radius 3 is 2.62 bits per heavy atom. The van der Waals surface area contributed by atoms with Crippen molar-refractivity contribution in [3.8, 4) is 0 Å². The summed E-state index contributed by atoms with van der Waals surface area (Å²) in [4.78, 5) is 24.2. The quantitative estimate of drug-likeness (QED) is 0.782. The van der Waals surface area contributed by atoms with Crippen molar-refractivity contribution in [1.82, 2.24) is 9.78 Å². The molecule has 6 nitrogen and oxygen atoms in total. The molecular weight excluding hydrogens is 381 g/mol. The van der Waals surface area contributed by atoms with Crippen molar-refractivity contribution in [1.29, 1.82) is 0 Å². The van der Waals surface area contributed by atoms with Crippen molar-refractivity contribution < 1.29 is 18.7 Å². The number of hydrogen-bond donors (Lipinski definition) is 1. The number of nitrogens with one attached hydrogen (secondary N) is 1. The summed E-state index contributed by atoms with van der Waals surface area (Å²) >= 11 is 3.11. The van der Waals surface area contributed by atoms with Gasteiger partial charge in [-0.25, -0.2) is 13.9 Å². The number of esters is 1. The van der Waals surface area contributed by atoms with Gasteiger partial charge in [-0.1, -0.05) is 15.9 Å². The van der Waals surface area contributed by atoms with Crippen molar-refractivity contribution in [3.05, 3.63) is 46.3 Å². The van der Waals surface area contributed by atoms with Gasteiger partial charge < -0.3 is 10.1 Å². The highest BCUT2D eigenvalue weighted by molar-refractivity contribution is 9.10. The molecule has 2 rings (SSSR count). The molecule has 24 heavy (non-hydrogen) atoms. The van der Waals surface area contributed by atoms with Gasteiger partial charge in [0, 0.05) is 16.6 Å². The van der Waals surface area contributed by atoms with Gasteiger partial charge in [0.2, 0.25) is 0 Å². The third-order valence-electron chi connectivity index (χ3n) is 3.21. The molecule has 0 aliphatic heterocycles. The Morgan fingerprint density at radius 2 is 2.00 bits per heavy atom. The van der Waals surface area contributed by atoms with E-state index in [0.717, 1.165) is 6.07 Å². The number of rotatable bonds is 5. The zero-order valence-electron chi connectivity index (χ0n) is 13.4. The van der Waals surface area contributed by atoms with E-state index < -0.39 is 23.8 Å². The summed E-state index contributed by atoms with van der Waals surface area (Å²) in [6.45, 7) is 5.25. The number of carbonyl (C=O) groups is 2. The number of anilines is 1. The summed E-state index contributed by atoms with van der Waals surface area (Å²) in [6, 6.07) is 5.67. The lowest BCUT2D eigenvalue weighted by atomic mass is 10.2. The first-order chi connectivity index (χ1) is 11.3. The molecule has 128 valence electrons. The molecule has 0 fully saturated rings. The van der Waals surface area contributed by atoms with Crippen LogP contribution in [0.4, 0.5) is 10.2 Å². The Kier molecular flexibility index (Phi) is 5.71. The standard InChI is InChI=1S/C16H17BrFN3O3/c1-9(2)21-14(6-7-19-21)20-15(22)10(3)24-16(23)12-5-4-11(17)8-13(12)18/h4-10H,1-3H3,(H,20,22)/t10-/m1/s1. The molecule has 2 aromatic rings. The molecule has 0 saturated carbocycles. The van der Waals surface area contributed by atoms with Gasteiger partial charge >= 0.3 is 5.97 Å². The highest BCUT2D eigenvalue weighted by Crippen LogP contribution is 2.17. The van der Waals surface area contributed by atoms with Gasteiger partial charge in [0.15, 0.2) is 6.10 Å². The average Bonchev–Trinajstić information content (AvgIpc) is 2.95. The normalized spacial score (nSPS) is 12.1. The number of halogens is 2. The maximum Gasteiger partial charge on any atom is 0.341 e. The van der Waals surface area contributed by atoms with Gasteiger partial charge in [0.05, 0.1) is 11.8 Å². The second-order valence-electron chi connectivity index (χ2n) is 5.42. The van der Waals surface area contributed by atoms with E-state index in [0.29, 0.717) is 10.3 Å². The number of ether oxygens (including phenoxy) is 1. The van der Waals surface area contributed by atoms with Gasteiger partial charge in [-0.3, -0.25) is 4.79 Å². The highest BCUT2D eigenvalue weighted by Gasteiger charge is 2.22. The predicted molar refractivity (Wildman–Crippen MR) is 90.2 cm³/mol. The fourth-order valence-corrected chi connectivity index (χ4v) is 2.32. The van der Waals surface area contributed by atoms with E-state index >= 15 is 0 Å². The lowest BCUT2D eigenvalue weighted by Crippen LogP contribution is -2.31. The van der Waals surface area contributed by atoms with Crippen LogP contribution in [-0.4, -0.2) is 27.8 Å². The Balaban J connectivity index is 2.03. The molecule has 1 atom stereocenters. The number of carbonyl (C=O) groups excluding carboxylic acids is 2. The van der Waals surface area contributed by atoms with Gasteiger partial charge in [-0.05, 0) is 39.0 Å². The SMILES string of the molecule is CC(C)n1nccc1NC(=O)[C@@H](C)OC(=O)c1ccc(Br)cc1F. The molecule has 1 aromatic carbocycles. The van der Waals surface area contributed by atoms with Crippen LogP contribution in [0.2, 0.25) is 0 Å². The largest absolute Gasteiger partial charge is 0.449 e. The van der Waals surface area contributed by atoms with Crippen LogP contribution in [0.15, 0.2) is 34.9 Å². The molecule has 0 unspecified atom stereocenters. The minimum atomic E-state index is -1.09. The summed E-state index contributed by atoms with van der Waals surface area (Å²) in [5, 5.41) is 6.73. The fraction of sp³-hybridized carbons (Fsp3) is 0.312. The number of hydrogen-bond acceptors (Lipinski definition) is 4. The molecule has 0 aliphatic rings. The van der Waals surface area contributed by atoms with Crippen LogP contribution in [0.1, 0.15) is 37.2 Å². The Morgan fingerprint density at radius 1 is 1.29 bits per heavy atom. The van der Waals surface area contributed by atoms with E-state index in [9.17, 15) is 14.0 Å². The molecule has 1 heterocycles. The summed E-state index contributed by atoms with van der Waals surface area (Å²) in [5.74, 6) is -1.66. The van der Waals surface area contributed by atoms with Crippen LogP contribution in [0.25, 0.3) is 0 Å². The smallest absolute Gasteiger partial charge is 0.341 e. The van der Waals surface area contributed by atoms with Gasteiger partial charge in [0.25, 0.3) is 5.91 Å². The zero-order valence-corrected chi connectivity index (χ0v) is 15.0. The monoisotopic (exact) mass is 397 g/mol. The molecular formula is C16H17BrFN3O3. The first-order valence-electron chi connectivity index (χ1n) is 7.30. The first-order valence-corrected chi connectivity index (χ1v) is 8.09. The molecule has 1 aromatic heterocycles. The number of nitrogens with zero attached hydrogens (tertiary/aromatic N) is 2. The topological polar surface area (TPSA) is 73.2 Å². The van der Waals surface area contributed by atoms with E-state index in [-0.39, 0.29) is 11.6 Å². The number of benzene rings is 1. The van der Waals surface area contributed by atoms with Crippen LogP contribution < -0.4 is 5.32 Å². The summed E-state index contributed by atoms with van der Waals surface area (Å²) in [6.07, 6.45) is 0.472. The Hall–Kier alpha value is -2.22. The van der Waals surface area contributed by atoms with E-state index in [2.05, 4.69) is 26.3 Å². The second-order valence-corrected chi connectivity index (χ2v) is 6.33. The van der Waals surface area contributed by atoms with E-state index in [1.165, 1.54) is 19.1 Å². The van der Waals surface area contributed by atoms with Crippen molar-refractivity contribution in [2.75, 3.05) is 5.32 Å². The predicted octanol–water partition coefficient (Wildman–Crippen LogP) is 3.55. The minimum Gasteiger partial charge on any atom is -0.449 e. The molecule has 0 aliphatic carbocycles. The number of amides is 1. The van der Waals surface area contributed by atoms with Gasteiger partial charge in [-0.15, -0.1) is 0 Å². The van der Waals surface area contributed by atoms with Crippen molar-refractivity contribution in [2.24, 2.45) is 0 Å². The summed E-state index contributed by atoms with van der Waals surface area (Å²) in [7, 11) is 0. The molecule has 0 radical (unpaired) electrons. The van der Waals surface area contributed by atoms with Gasteiger partial charge in [-0.2, -0.15) is 5.10 Å². The van der Waals surface area contributed by atoms with Crippen LogP contribution >= 0.6 is 15.9 Å². The lowest BCUT2D eigenvalue weighted by Gasteiger charge is -2.16. The number of aromatic nitrogens is 2. The van der Waals surface area contributed by atoms with Crippen LogP contribution in [0.3, 0.4) is 0 Å². The summed E-state index contributed by atoms with van der Waals surface area (Å²) < 4.78 is 20.9. The first kappa shape index (κ1) is 18.1. The average molecular weight is 398 g/mol. The molecule has 0 bridgehead atoms. The molecule has 0 spiro atoms. The fourth-order valence-electron chi connectivity index (χ4n) is 1.99.